The van der Waals surface area contributed by atoms with Crippen molar-refractivity contribution in [2.24, 2.45) is 0 Å². The van der Waals surface area contributed by atoms with E-state index in [2.05, 4.69) is 12.0 Å². The molecule has 1 aromatic rings. The molecular formula is C12H9N. The van der Waals surface area contributed by atoms with E-state index in [-0.39, 0.29) is 0 Å². The van der Waals surface area contributed by atoms with Crippen molar-refractivity contribution in [2.45, 2.75) is 18.8 Å². The Kier molecular flexibility index (Phi) is 1.80. The van der Waals surface area contributed by atoms with Crippen LogP contribution in [0, 0.1) is 23.7 Å². The Morgan fingerprint density at radius 3 is 2.46 bits per heavy atom. The standard InChI is InChI=1S/C12H9N/c1-2-9-5-10(8-13)7-12(6-9)11-3-4-11/h1,5-7,11H,3-4H2. The van der Waals surface area contributed by atoms with Gasteiger partial charge < -0.3 is 0 Å². The van der Waals surface area contributed by atoms with E-state index in [0.29, 0.717) is 11.5 Å². The van der Waals surface area contributed by atoms with Crippen molar-refractivity contribution in [1.82, 2.24) is 0 Å². The van der Waals surface area contributed by atoms with Gasteiger partial charge in [0.15, 0.2) is 0 Å². The molecule has 0 radical (unpaired) electrons. The monoisotopic (exact) mass is 167 g/mol. The van der Waals surface area contributed by atoms with Gasteiger partial charge in [0.1, 0.15) is 0 Å². The van der Waals surface area contributed by atoms with Gasteiger partial charge in [-0.3, -0.25) is 0 Å². The molecule has 1 aliphatic rings. The Bertz CT molecular complexity index is 381. The lowest BCUT2D eigenvalue weighted by molar-refractivity contribution is 1.12. The van der Waals surface area contributed by atoms with E-state index in [1.807, 2.05) is 12.1 Å². The third-order valence-corrected chi connectivity index (χ3v) is 2.30. The Morgan fingerprint density at radius 1 is 1.23 bits per heavy atom. The molecule has 1 heteroatoms. The van der Waals surface area contributed by atoms with Crippen LogP contribution in [-0.4, -0.2) is 0 Å². The molecule has 0 amide bonds. The molecule has 1 aliphatic carbocycles. The van der Waals surface area contributed by atoms with Gasteiger partial charge in [-0.05, 0) is 42.5 Å². The highest BCUT2D eigenvalue weighted by Gasteiger charge is 2.23. The number of benzene rings is 1. The van der Waals surface area contributed by atoms with Gasteiger partial charge in [0.25, 0.3) is 0 Å². The Labute approximate surface area is 78.0 Å². The summed E-state index contributed by atoms with van der Waals surface area (Å²) in [7, 11) is 0. The van der Waals surface area contributed by atoms with Crippen molar-refractivity contribution in [2.75, 3.05) is 0 Å². The minimum Gasteiger partial charge on any atom is -0.192 e. The summed E-state index contributed by atoms with van der Waals surface area (Å²) in [5.74, 6) is 3.23. The number of rotatable bonds is 1. The summed E-state index contributed by atoms with van der Waals surface area (Å²) in [6.45, 7) is 0. The van der Waals surface area contributed by atoms with Crippen molar-refractivity contribution < 1.29 is 0 Å². The first-order valence-electron chi connectivity index (χ1n) is 4.35. The quantitative estimate of drug-likeness (QED) is 0.589. The maximum Gasteiger partial charge on any atom is 0.0992 e. The molecule has 1 aromatic carbocycles. The molecule has 0 unspecified atom stereocenters. The van der Waals surface area contributed by atoms with E-state index < -0.39 is 0 Å². The second kappa shape index (κ2) is 2.96. The van der Waals surface area contributed by atoms with Gasteiger partial charge in [-0.2, -0.15) is 5.26 Å². The number of nitriles is 1. The fourth-order valence-electron chi connectivity index (χ4n) is 1.45. The van der Waals surface area contributed by atoms with Crippen molar-refractivity contribution in [3.8, 4) is 18.4 Å². The third kappa shape index (κ3) is 1.55. The van der Waals surface area contributed by atoms with Gasteiger partial charge in [-0.1, -0.05) is 5.92 Å². The topological polar surface area (TPSA) is 23.8 Å². The van der Waals surface area contributed by atoms with E-state index in [0.717, 1.165) is 5.56 Å². The van der Waals surface area contributed by atoms with Gasteiger partial charge in [0, 0.05) is 5.56 Å². The van der Waals surface area contributed by atoms with Gasteiger partial charge in [0.05, 0.1) is 11.6 Å². The second-order valence-corrected chi connectivity index (χ2v) is 3.37. The first-order valence-corrected chi connectivity index (χ1v) is 4.35. The predicted molar refractivity (Wildman–Crippen MR) is 51.1 cm³/mol. The van der Waals surface area contributed by atoms with Crippen molar-refractivity contribution in [3.05, 3.63) is 34.9 Å². The summed E-state index contributed by atoms with van der Waals surface area (Å²) in [4.78, 5) is 0. The van der Waals surface area contributed by atoms with E-state index >= 15 is 0 Å². The fourth-order valence-corrected chi connectivity index (χ4v) is 1.45. The average molecular weight is 167 g/mol. The molecule has 1 nitrogen and oxygen atoms in total. The maximum atomic E-state index is 8.77. The molecule has 0 bridgehead atoms. The van der Waals surface area contributed by atoms with Crippen LogP contribution in [0.4, 0.5) is 0 Å². The minimum absolute atomic E-state index is 0.653. The summed E-state index contributed by atoms with van der Waals surface area (Å²) < 4.78 is 0. The van der Waals surface area contributed by atoms with Crippen LogP contribution in [0.1, 0.15) is 35.4 Å². The Morgan fingerprint density at radius 2 is 1.92 bits per heavy atom. The van der Waals surface area contributed by atoms with Crippen LogP contribution >= 0.6 is 0 Å². The molecule has 0 aromatic heterocycles. The van der Waals surface area contributed by atoms with Gasteiger partial charge in [0.2, 0.25) is 0 Å². The highest BCUT2D eigenvalue weighted by molar-refractivity contribution is 5.45. The fraction of sp³-hybridized carbons (Fsp3) is 0.250. The average Bonchev–Trinajstić information content (AvgIpc) is 3.00. The van der Waals surface area contributed by atoms with Crippen molar-refractivity contribution >= 4 is 0 Å². The lowest BCUT2D eigenvalue weighted by atomic mass is 10.0. The van der Waals surface area contributed by atoms with Crippen molar-refractivity contribution in [3.63, 3.8) is 0 Å². The maximum absolute atomic E-state index is 8.77. The van der Waals surface area contributed by atoms with Crippen LogP contribution in [0.5, 0.6) is 0 Å². The number of hydrogen-bond donors (Lipinski definition) is 0. The van der Waals surface area contributed by atoms with Crippen LogP contribution < -0.4 is 0 Å². The zero-order chi connectivity index (χ0) is 9.26. The number of nitrogens with zero attached hydrogens (tertiary/aromatic N) is 1. The first-order chi connectivity index (χ1) is 6.33. The summed E-state index contributed by atoms with van der Waals surface area (Å²) in [6.07, 6.45) is 7.77. The summed E-state index contributed by atoms with van der Waals surface area (Å²) in [6, 6.07) is 7.84. The van der Waals surface area contributed by atoms with Gasteiger partial charge in [-0.25, -0.2) is 0 Å². The highest BCUT2D eigenvalue weighted by atomic mass is 14.3. The van der Waals surface area contributed by atoms with Crippen LogP contribution in [0.15, 0.2) is 18.2 Å². The molecule has 0 aliphatic heterocycles. The molecule has 2 rings (SSSR count). The molecule has 0 heterocycles. The van der Waals surface area contributed by atoms with Crippen molar-refractivity contribution in [1.29, 1.82) is 5.26 Å². The van der Waals surface area contributed by atoms with Crippen LogP contribution in [0.3, 0.4) is 0 Å². The molecule has 62 valence electrons. The van der Waals surface area contributed by atoms with Crippen LogP contribution in [0.25, 0.3) is 0 Å². The molecule has 0 spiro atoms. The molecule has 0 atom stereocenters. The molecule has 1 fully saturated rings. The second-order valence-electron chi connectivity index (χ2n) is 3.37. The number of terminal acetylenes is 1. The molecular weight excluding hydrogens is 158 g/mol. The largest absolute Gasteiger partial charge is 0.192 e. The highest BCUT2D eigenvalue weighted by Crippen LogP contribution is 2.40. The van der Waals surface area contributed by atoms with E-state index in [9.17, 15) is 0 Å². The minimum atomic E-state index is 0.653. The number of hydrogen-bond acceptors (Lipinski definition) is 1. The lowest BCUT2D eigenvalue weighted by Crippen LogP contribution is -1.85. The predicted octanol–water partition coefficient (Wildman–Crippen LogP) is 2.42. The summed E-state index contributed by atoms with van der Waals surface area (Å²) in [5, 5.41) is 8.77. The summed E-state index contributed by atoms with van der Waals surface area (Å²) >= 11 is 0. The Balaban J connectivity index is 2.47. The van der Waals surface area contributed by atoms with E-state index in [1.54, 1.807) is 6.07 Å². The van der Waals surface area contributed by atoms with Crippen LogP contribution in [0.2, 0.25) is 0 Å². The zero-order valence-corrected chi connectivity index (χ0v) is 7.25. The van der Waals surface area contributed by atoms with Gasteiger partial charge >= 0.3 is 0 Å². The Hall–Kier alpha value is -1.73. The molecule has 0 saturated heterocycles. The summed E-state index contributed by atoms with van der Waals surface area (Å²) in [5.41, 5.74) is 2.73. The molecule has 13 heavy (non-hydrogen) atoms. The van der Waals surface area contributed by atoms with Gasteiger partial charge in [-0.15, -0.1) is 6.42 Å². The lowest BCUT2D eigenvalue weighted by Gasteiger charge is -1.99. The normalized spacial score (nSPS) is 14.6. The molecule has 0 N–H and O–H groups in total. The SMILES string of the molecule is C#Cc1cc(C#N)cc(C2CC2)c1. The third-order valence-electron chi connectivity index (χ3n) is 2.30. The molecule has 1 saturated carbocycles. The van der Waals surface area contributed by atoms with E-state index in [1.165, 1.54) is 18.4 Å². The first kappa shape index (κ1) is 7.90. The van der Waals surface area contributed by atoms with Crippen LogP contribution in [-0.2, 0) is 0 Å². The zero-order valence-electron chi connectivity index (χ0n) is 7.25. The smallest absolute Gasteiger partial charge is 0.0992 e. The van der Waals surface area contributed by atoms with E-state index in [4.69, 9.17) is 11.7 Å².